The standard InChI is InChI=1S/C23H21ClN4O2/c1-13-5-6-16(24)12-20(13)26-23(29)19-11-14(2)25-22-21(19)15(3)27-28(22)17-7-9-18(30-4)10-8-17/h5-12H,1-4H3,(H,26,29). The number of anilines is 1. The number of rotatable bonds is 4. The van der Waals surface area contributed by atoms with Gasteiger partial charge in [-0.1, -0.05) is 17.7 Å². The van der Waals surface area contributed by atoms with E-state index in [-0.39, 0.29) is 5.91 Å². The maximum absolute atomic E-state index is 13.2. The van der Waals surface area contributed by atoms with Gasteiger partial charge < -0.3 is 10.1 Å². The second kappa shape index (κ2) is 7.80. The fourth-order valence-electron chi connectivity index (χ4n) is 3.42. The van der Waals surface area contributed by atoms with Gasteiger partial charge in [-0.25, -0.2) is 9.67 Å². The molecule has 4 aromatic rings. The highest BCUT2D eigenvalue weighted by Crippen LogP contribution is 2.27. The molecule has 0 saturated carbocycles. The van der Waals surface area contributed by atoms with Crippen LogP contribution in [-0.2, 0) is 0 Å². The fraction of sp³-hybridized carbons (Fsp3) is 0.174. The molecule has 2 aromatic carbocycles. The quantitative estimate of drug-likeness (QED) is 0.489. The molecule has 0 aliphatic rings. The lowest BCUT2D eigenvalue weighted by molar-refractivity contribution is 0.102. The van der Waals surface area contributed by atoms with E-state index in [0.717, 1.165) is 28.4 Å². The average molecular weight is 421 g/mol. The number of methoxy groups -OCH3 is 1. The highest BCUT2D eigenvalue weighted by atomic mass is 35.5. The molecule has 0 aliphatic carbocycles. The van der Waals surface area contributed by atoms with Crippen molar-refractivity contribution in [1.29, 1.82) is 0 Å². The minimum atomic E-state index is -0.228. The second-order valence-electron chi connectivity index (χ2n) is 7.12. The Balaban J connectivity index is 1.82. The van der Waals surface area contributed by atoms with Crippen molar-refractivity contribution in [2.24, 2.45) is 0 Å². The predicted octanol–water partition coefficient (Wildman–Crippen LogP) is 5.26. The third-order valence-corrected chi connectivity index (χ3v) is 5.19. The number of benzene rings is 2. The molecule has 152 valence electrons. The van der Waals surface area contributed by atoms with E-state index in [4.69, 9.17) is 16.3 Å². The number of halogens is 1. The SMILES string of the molecule is COc1ccc(-n2nc(C)c3c(C(=O)Nc4cc(Cl)ccc4C)cc(C)nc32)cc1. The van der Waals surface area contributed by atoms with Gasteiger partial charge in [0.25, 0.3) is 5.91 Å². The largest absolute Gasteiger partial charge is 0.497 e. The zero-order chi connectivity index (χ0) is 21.4. The number of ether oxygens (including phenoxy) is 1. The molecule has 0 atom stereocenters. The van der Waals surface area contributed by atoms with Gasteiger partial charge in [0.1, 0.15) is 5.75 Å². The van der Waals surface area contributed by atoms with E-state index < -0.39 is 0 Å². The van der Waals surface area contributed by atoms with Crippen molar-refractivity contribution < 1.29 is 9.53 Å². The van der Waals surface area contributed by atoms with Gasteiger partial charge in [-0.3, -0.25) is 4.79 Å². The molecule has 1 amide bonds. The number of aromatic nitrogens is 3. The molecule has 7 heteroatoms. The third kappa shape index (κ3) is 3.62. The molecule has 0 aliphatic heterocycles. The Morgan fingerprint density at radius 2 is 1.80 bits per heavy atom. The molecule has 0 fully saturated rings. The molecule has 6 nitrogen and oxygen atoms in total. The monoisotopic (exact) mass is 420 g/mol. The van der Waals surface area contributed by atoms with Crippen LogP contribution in [-0.4, -0.2) is 27.8 Å². The van der Waals surface area contributed by atoms with Crippen LogP contribution in [0.3, 0.4) is 0 Å². The molecule has 0 unspecified atom stereocenters. The molecular formula is C23H21ClN4O2. The van der Waals surface area contributed by atoms with Crippen LogP contribution in [0.1, 0.15) is 27.3 Å². The first-order valence-corrected chi connectivity index (χ1v) is 9.84. The van der Waals surface area contributed by atoms with Crippen molar-refractivity contribution in [2.75, 3.05) is 12.4 Å². The molecule has 0 spiro atoms. The number of hydrogen-bond acceptors (Lipinski definition) is 4. The van der Waals surface area contributed by atoms with Gasteiger partial charge in [0, 0.05) is 16.4 Å². The first kappa shape index (κ1) is 19.9. The summed E-state index contributed by atoms with van der Waals surface area (Å²) in [5, 5.41) is 8.91. The Bertz CT molecular complexity index is 1260. The van der Waals surface area contributed by atoms with Gasteiger partial charge >= 0.3 is 0 Å². The summed E-state index contributed by atoms with van der Waals surface area (Å²) in [5.41, 5.74) is 5.05. The van der Waals surface area contributed by atoms with Gasteiger partial charge in [-0.05, 0) is 68.8 Å². The maximum atomic E-state index is 13.2. The van der Waals surface area contributed by atoms with E-state index in [1.807, 2.05) is 51.1 Å². The number of nitrogens with zero attached hydrogens (tertiary/aromatic N) is 3. The van der Waals surface area contributed by atoms with E-state index in [2.05, 4.69) is 15.4 Å². The number of nitrogens with one attached hydrogen (secondary N) is 1. The summed E-state index contributed by atoms with van der Waals surface area (Å²) in [7, 11) is 1.62. The van der Waals surface area contributed by atoms with Crippen LogP contribution < -0.4 is 10.1 Å². The van der Waals surface area contributed by atoms with Crippen molar-refractivity contribution in [3.63, 3.8) is 0 Å². The highest BCUT2D eigenvalue weighted by Gasteiger charge is 2.20. The summed E-state index contributed by atoms with van der Waals surface area (Å²) in [4.78, 5) is 17.9. The van der Waals surface area contributed by atoms with Crippen LogP contribution in [0.2, 0.25) is 5.02 Å². The van der Waals surface area contributed by atoms with Gasteiger partial charge in [0.05, 0.1) is 29.4 Å². The summed E-state index contributed by atoms with van der Waals surface area (Å²) >= 11 is 6.10. The Kier molecular flexibility index (Phi) is 5.18. The number of hydrogen-bond donors (Lipinski definition) is 1. The molecule has 30 heavy (non-hydrogen) atoms. The predicted molar refractivity (Wildman–Crippen MR) is 119 cm³/mol. The van der Waals surface area contributed by atoms with Crippen LogP contribution in [0.4, 0.5) is 5.69 Å². The Hall–Kier alpha value is -3.38. The van der Waals surface area contributed by atoms with Gasteiger partial charge in [-0.2, -0.15) is 5.10 Å². The van der Waals surface area contributed by atoms with Crippen LogP contribution >= 0.6 is 11.6 Å². The second-order valence-corrected chi connectivity index (χ2v) is 7.55. The summed E-state index contributed by atoms with van der Waals surface area (Å²) in [5.74, 6) is 0.529. The van der Waals surface area contributed by atoms with Gasteiger partial charge in [0.2, 0.25) is 0 Å². The minimum Gasteiger partial charge on any atom is -0.497 e. The van der Waals surface area contributed by atoms with Crippen LogP contribution in [0.5, 0.6) is 5.75 Å². The Morgan fingerprint density at radius 1 is 1.07 bits per heavy atom. The molecule has 0 bridgehead atoms. The van der Waals surface area contributed by atoms with Gasteiger partial charge in [0.15, 0.2) is 5.65 Å². The van der Waals surface area contributed by atoms with Gasteiger partial charge in [-0.15, -0.1) is 0 Å². The zero-order valence-electron chi connectivity index (χ0n) is 17.2. The molecule has 2 heterocycles. The Labute approximate surface area is 179 Å². The molecule has 0 radical (unpaired) electrons. The van der Waals surface area contributed by atoms with E-state index in [1.54, 1.807) is 30.0 Å². The first-order chi connectivity index (χ1) is 14.4. The number of fused-ring (bicyclic) bond motifs is 1. The summed E-state index contributed by atoms with van der Waals surface area (Å²) in [6, 6.07) is 14.7. The first-order valence-electron chi connectivity index (χ1n) is 9.46. The van der Waals surface area contributed by atoms with Crippen molar-refractivity contribution >= 4 is 34.2 Å². The van der Waals surface area contributed by atoms with E-state index in [9.17, 15) is 4.79 Å². The van der Waals surface area contributed by atoms with Crippen molar-refractivity contribution in [1.82, 2.24) is 14.8 Å². The lowest BCUT2D eigenvalue weighted by Crippen LogP contribution is -2.14. The third-order valence-electron chi connectivity index (χ3n) is 4.95. The average Bonchev–Trinajstić information content (AvgIpc) is 3.06. The summed E-state index contributed by atoms with van der Waals surface area (Å²) in [6.07, 6.45) is 0. The van der Waals surface area contributed by atoms with Crippen LogP contribution in [0.25, 0.3) is 16.7 Å². The molecule has 2 aromatic heterocycles. The van der Waals surface area contributed by atoms with E-state index in [0.29, 0.717) is 27.3 Å². The lowest BCUT2D eigenvalue weighted by atomic mass is 10.1. The fourth-order valence-corrected chi connectivity index (χ4v) is 3.59. The van der Waals surface area contributed by atoms with E-state index in [1.165, 1.54) is 0 Å². The summed E-state index contributed by atoms with van der Waals surface area (Å²) in [6.45, 7) is 5.66. The number of aryl methyl sites for hydroxylation is 3. The highest BCUT2D eigenvalue weighted by molar-refractivity contribution is 6.31. The summed E-state index contributed by atoms with van der Waals surface area (Å²) < 4.78 is 6.98. The minimum absolute atomic E-state index is 0.228. The number of amides is 1. The number of carbonyl (C=O) groups is 1. The van der Waals surface area contributed by atoms with Crippen LogP contribution in [0, 0.1) is 20.8 Å². The Morgan fingerprint density at radius 3 is 2.50 bits per heavy atom. The van der Waals surface area contributed by atoms with Crippen molar-refractivity contribution in [2.45, 2.75) is 20.8 Å². The van der Waals surface area contributed by atoms with Crippen LogP contribution in [0.15, 0.2) is 48.5 Å². The lowest BCUT2D eigenvalue weighted by Gasteiger charge is -2.11. The topological polar surface area (TPSA) is 69.0 Å². The number of carbonyl (C=O) groups excluding carboxylic acids is 1. The van der Waals surface area contributed by atoms with Crippen molar-refractivity contribution in [3.05, 3.63) is 76.1 Å². The van der Waals surface area contributed by atoms with E-state index >= 15 is 0 Å². The molecule has 1 N–H and O–H groups in total. The van der Waals surface area contributed by atoms with Crippen molar-refractivity contribution in [3.8, 4) is 11.4 Å². The smallest absolute Gasteiger partial charge is 0.256 e. The molecular weight excluding hydrogens is 400 g/mol. The zero-order valence-corrected chi connectivity index (χ0v) is 17.9. The maximum Gasteiger partial charge on any atom is 0.256 e. The molecule has 0 saturated heterocycles. The molecule has 4 rings (SSSR count). The normalized spacial score (nSPS) is 11.0. The number of pyridine rings is 1.